The molecule has 4 aliphatic rings. The van der Waals surface area contributed by atoms with Crippen LogP contribution >= 0.6 is 0 Å². The van der Waals surface area contributed by atoms with E-state index in [9.17, 15) is 4.79 Å². The van der Waals surface area contributed by atoms with E-state index in [2.05, 4.69) is 20.3 Å². The second kappa shape index (κ2) is 6.92. The molecule has 8 bridgehead atoms. The van der Waals surface area contributed by atoms with Gasteiger partial charge in [-0.25, -0.2) is 14.8 Å². The van der Waals surface area contributed by atoms with Crippen molar-refractivity contribution in [2.24, 2.45) is 9.98 Å². The van der Waals surface area contributed by atoms with E-state index in [1.807, 2.05) is 66.7 Å². The molecule has 132 valence electrons. The van der Waals surface area contributed by atoms with Gasteiger partial charge < -0.3 is 10.3 Å². The molecule has 0 aromatic carbocycles. The number of fused-ring (bicyclic) bond motifs is 6. The summed E-state index contributed by atoms with van der Waals surface area (Å²) in [6.07, 6.45) is 17.5. The SMILES string of the molecule is O=C=C1C=C2C=C3C=CC(=N3)C=c3ccc([nH]3)=CC3=NC(=CC1N2)C=C3.[Ru]. The van der Waals surface area contributed by atoms with Gasteiger partial charge in [0.15, 0.2) is 0 Å². The van der Waals surface area contributed by atoms with Crippen molar-refractivity contribution in [1.29, 1.82) is 0 Å². The number of aliphatic imine (C=N–C) groups is 2. The zero-order valence-corrected chi connectivity index (χ0v) is 15.8. The van der Waals surface area contributed by atoms with E-state index in [1.165, 1.54) is 0 Å². The Morgan fingerprint density at radius 3 is 2.22 bits per heavy atom. The summed E-state index contributed by atoms with van der Waals surface area (Å²) < 4.78 is 0. The normalized spacial score (nSPS) is 21.6. The molecule has 5 rings (SSSR count). The first-order valence-electron chi connectivity index (χ1n) is 8.34. The van der Waals surface area contributed by atoms with Crippen LogP contribution in [0.1, 0.15) is 0 Å². The minimum Gasteiger partial charge on any atom is -0.374 e. The Hall–Kier alpha value is -3.07. The quantitative estimate of drug-likeness (QED) is 0.468. The Morgan fingerprint density at radius 1 is 0.852 bits per heavy atom. The predicted octanol–water partition coefficient (Wildman–Crippen LogP) is 0.990. The third-order valence-electron chi connectivity index (χ3n) is 4.43. The van der Waals surface area contributed by atoms with Crippen LogP contribution in [0.5, 0.6) is 0 Å². The maximum Gasteiger partial charge on any atom is 0.130 e. The molecular weight excluding hydrogens is 425 g/mol. The number of hydrogen-bond acceptors (Lipinski definition) is 4. The van der Waals surface area contributed by atoms with E-state index >= 15 is 0 Å². The van der Waals surface area contributed by atoms with Gasteiger partial charge in [0.25, 0.3) is 0 Å². The number of nitrogens with one attached hydrogen (secondary N) is 2. The van der Waals surface area contributed by atoms with Crippen molar-refractivity contribution < 1.29 is 24.3 Å². The smallest absolute Gasteiger partial charge is 0.130 e. The molecule has 4 aliphatic heterocycles. The van der Waals surface area contributed by atoms with E-state index in [4.69, 9.17) is 0 Å². The van der Waals surface area contributed by atoms with Crippen molar-refractivity contribution in [3.8, 4) is 0 Å². The van der Waals surface area contributed by atoms with E-state index in [-0.39, 0.29) is 25.5 Å². The summed E-state index contributed by atoms with van der Waals surface area (Å²) in [6, 6.07) is 3.79. The average molecular weight is 439 g/mol. The fraction of sp³-hybridized carbons (Fsp3) is 0.0476. The van der Waals surface area contributed by atoms with Crippen LogP contribution in [0.25, 0.3) is 12.2 Å². The van der Waals surface area contributed by atoms with Crippen molar-refractivity contribution >= 4 is 29.5 Å². The number of aromatic amines is 1. The van der Waals surface area contributed by atoms with Crippen molar-refractivity contribution in [3.63, 3.8) is 0 Å². The van der Waals surface area contributed by atoms with Gasteiger partial charge in [0.1, 0.15) is 5.94 Å². The van der Waals surface area contributed by atoms with Crippen LogP contribution in [0.2, 0.25) is 0 Å². The summed E-state index contributed by atoms with van der Waals surface area (Å²) in [5.41, 5.74) is 4.77. The zero-order valence-electron chi connectivity index (χ0n) is 14.1. The number of rotatable bonds is 0. The number of H-pyrrole nitrogens is 1. The van der Waals surface area contributed by atoms with Crippen molar-refractivity contribution in [3.05, 3.63) is 88.0 Å². The van der Waals surface area contributed by atoms with Gasteiger partial charge in [0.05, 0.1) is 34.4 Å². The Bertz CT molecular complexity index is 1210. The third-order valence-corrected chi connectivity index (χ3v) is 4.43. The van der Waals surface area contributed by atoms with E-state index in [0.717, 1.165) is 39.2 Å². The van der Waals surface area contributed by atoms with E-state index in [0.29, 0.717) is 5.57 Å². The van der Waals surface area contributed by atoms with Gasteiger partial charge in [-0.2, -0.15) is 0 Å². The molecule has 0 spiro atoms. The van der Waals surface area contributed by atoms with Gasteiger partial charge in [-0.3, -0.25) is 0 Å². The van der Waals surface area contributed by atoms with Gasteiger partial charge in [-0.15, -0.1) is 0 Å². The van der Waals surface area contributed by atoms with Crippen LogP contribution < -0.4 is 16.0 Å². The number of allylic oxidation sites excluding steroid dienone is 5. The van der Waals surface area contributed by atoms with Gasteiger partial charge in [0.2, 0.25) is 0 Å². The molecule has 0 amide bonds. The van der Waals surface area contributed by atoms with Crippen molar-refractivity contribution in [1.82, 2.24) is 10.3 Å². The molecule has 1 atom stereocenters. The number of hydrogen-bond donors (Lipinski definition) is 2. The molecule has 2 N–H and O–H groups in total. The monoisotopic (exact) mass is 440 g/mol. The van der Waals surface area contributed by atoms with Crippen LogP contribution in [-0.4, -0.2) is 28.4 Å². The largest absolute Gasteiger partial charge is 0.374 e. The minimum atomic E-state index is -0.243. The molecule has 0 aliphatic carbocycles. The van der Waals surface area contributed by atoms with Crippen LogP contribution in [0, 0.1) is 0 Å². The molecule has 0 saturated carbocycles. The first kappa shape index (κ1) is 17.4. The van der Waals surface area contributed by atoms with Gasteiger partial charge in [-0.1, -0.05) is 0 Å². The number of nitrogens with zero attached hydrogens (tertiary/aromatic N) is 2. The van der Waals surface area contributed by atoms with Gasteiger partial charge >= 0.3 is 0 Å². The fourth-order valence-corrected chi connectivity index (χ4v) is 3.23. The topological polar surface area (TPSA) is 69.6 Å². The Balaban J connectivity index is 0.00000180. The molecule has 0 fully saturated rings. The molecule has 6 heteroatoms. The molecule has 1 unspecified atom stereocenters. The summed E-state index contributed by atoms with van der Waals surface area (Å²) >= 11 is 0. The Morgan fingerprint density at radius 2 is 1.52 bits per heavy atom. The van der Waals surface area contributed by atoms with Crippen LogP contribution in [0.4, 0.5) is 0 Å². The summed E-state index contributed by atoms with van der Waals surface area (Å²) in [4.78, 5) is 23.9. The second-order valence-electron chi connectivity index (χ2n) is 6.34. The van der Waals surface area contributed by atoms with Crippen LogP contribution in [0.15, 0.2) is 87.3 Å². The fourth-order valence-electron chi connectivity index (χ4n) is 3.23. The number of carbonyl (C=O) groups excluding carboxylic acids is 1. The molecule has 27 heavy (non-hydrogen) atoms. The maximum atomic E-state index is 11.3. The third kappa shape index (κ3) is 3.45. The summed E-state index contributed by atoms with van der Waals surface area (Å²) in [6.45, 7) is 0. The molecule has 0 saturated heterocycles. The molecule has 5 heterocycles. The molecule has 0 radical (unpaired) electrons. The van der Waals surface area contributed by atoms with Crippen LogP contribution in [-0.2, 0) is 24.3 Å². The van der Waals surface area contributed by atoms with E-state index < -0.39 is 0 Å². The van der Waals surface area contributed by atoms with Crippen LogP contribution in [0.3, 0.4) is 0 Å². The Kier molecular flexibility index (Phi) is 4.45. The summed E-state index contributed by atoms with van der Waals surface area (Å²) in [5, 5.41) is 5.27. The molecule has 1 aromatic rings. The number of aromatic nitrogens is 1. The first-order chi connectivity index (χ1) is 12.7. The average Bonchev–Trinajstić information content (AvgIpc) is 3.39. The standard InChI is InChI=1S/C21H14N4O.Ru/c26-12-13-7-20-10-18-4-3-16(23-18)8-14-1-2-15(22-14)9-17-5-6-19(24-17)11-21(13)25-20;/h1-11,21-22,25H;. The summed E-state index contributed by atoms with van der Waals surface area (Å²) in [5.74, 6) is 2.02. The summed E-state index contributed by atoms with van der Waals surface area (Å²) in [7, 11) is 0. The predicted molar refractivity (Wildman–Crippen MR) is 103 cm³/mol. The first-order valence-corrected chi connectivity index (χ1v) is 8.34. The Labute approximate surface area is 168 Å². The molecular formula is C21H14N4ORu. The van der Waals surface area contributed by atoms with Crippen molar-refractivity contribution in [2.45, 2.75) is 6.04 Å². The minimum absolute atomic E-state index is 0. The molecule has 5 nitrogen and oxygen atoms in total. The molecule has 1 aromatic heterocycles. The van der Waals surface area contributed by atoms with Gasteiger partial charge in [0, 0.05) is 35.9 Å². The maximum absolute atomic E-state index is 11.3. The second-order valence-corrected chi connectivity index (χ2v) is 6.34. The van der Waals surface area contributed by atoms with Gasteiger partial charge in [-0.05, 0) is 66.8 Å². The van der Waals surface area contributed by atoms with Crippen molar-refractivity contribution in [2.75, 3.05) is 0 Å². The van der Waals surface area contributed by atoms with E-state index in [1.54, 1.807) is 6.08 Å². The zero-order chi connectivity index (χ0) is 17.5.